The number of aryl methyl sites for hydroxylation is 3. The van der Waals surface area contributed by atoms with Crippen molar-refractivity contribution >= 4 is 18.6 Å². The van der Waals surface area contributed by atoms with Crippen molar-refractivity contribution in [3.63, 3.8) is 0 Å². The quantitative estimate of drug-likeness (QED) is 0.151. The van der Waals surface area contributed by atoms with Gasteiger partial charge in [-0.15, -0.1) is 17.2 Å². The molecular weight excluding hydrogens is 665 g/mol. The van der Waals surface area contributed by atoms with E-state index in [4.69, 9.17) is 13.3 Å². The summed E-state index contributed by atoms with van der Waals surface area (Å²) in [6, 6.07) is 26.6. The van der Waals surface area contributed by atoms with Crippen molar-refractivity contribution in [1.82, 2.24) is 0 Å². The van der Waals surface area contributed by atoms with Crippen molar-refractivity contribution in [2.45, 2.75) is 40.4 Å². The summed E-state index contributed by atoms with van der Waals surface area (Å²) in [6.45, 7) is 7.22. The number of hydrogen-bond acceptors (Lipinski definition) is 9. The zero-order valence-electron chi connectivity index (χ0n) is 27.4. The molecule has 3 aromatic carbocycles. The molecule has 3 aromatic heterocycles. The zero-order chi connectivity index (χ0) is 34.1. The molecule has 10 heteroatoms. The maximum Gasteiger partial charge on any atom is 3.00 e. The standard InChI is InChI=1S/3C13H13NO2.Co/c3*1-10-4-5-13(15)11(7-10)8-14-9-12-3-2-6-16-12;/h3*2-8,15H,9H2,1H3;/q;;;+3/p-3. The predicted molar refractivity (Wildman–Crippen MR) is 182 cm³/mol. The number of furan rings is 3. The monoisotopic (exact) mass is 701 g/mol. The van der Waals surface area contributed by atoms with Crippen LogP contribution in [0.5, 0.6) is 17.2 Å². The molecule has 0 unspecified atom stereocenters. The van der Waals surface area contributed by atoms with Crippen molar-refractivity contribution in [2.75, 3.05) is 0 Å². The molecule has 0 saturated carbocycles. The van der Waals surface area contributed by atoms with Crippen LogP contribution in [-0.4, -0.2) is 18.6 Å². The Morgan fingerprint density at radius 2 is 0.755 bits per heavy atom. The molecule has 0 aliphatic heterocycles. The van der Waals surface area contributed by atoms with Crippen LogP contribution in [-0.2, 0) is 36.4 Å². The Kier molecular flexibility index (Phi) is 15.4. The number of nitrogens with zero attached hydrogens (tertiary/aromatic N) is 3. The Labute approximate surface area is 296 Å². The molecule has 0 amide bonds. The van der Waals surface area contributed by atoms with E-state index in [0.717, 1.165) is 34.0 Å². The summed E-state index contributed by atoms with van der Waals surface area (Å²) < 4.78 is 15.4. The van der Waals surface area contributed by atoms with Gasteiger partial charge in [0.1, 0.15) is 17.3 Å². The molecule has 6 rings (SSSR count). The largest absolute Gasteiger partial charge is 3.00 e. The molecule has 0 spiro atoms. The fourth-order valence-corrected chi connectivity index (χ4v) is 4.22. The SMILES string of the molecule is Cc1ccc([O-])c(C=NCc2ccco2)c1.Cc1ccc([O-])c(C=NCc2ccco2)c1.Cc1ccc([O-])c(C=NCc2ccco2)c1.[Co+3]. The number of rotatable bonds is 9. The van der Waals surface area contributed by atoms with Crippen LogP contribution in [0.1, 0.15) is 50.7 Å². The minimum absolute atomic E-state index is 0. The minimum atomic E-state index is -0.00575. The van der Waals surface area contributed by atoms with Crippen LogP contribution in [0, 0.1) is 20.8 Å². The summed E-state index contributed by atoms with van der Waals surface area (Å²) in [7, 11) is 0. The molecule has 0 N–H and O–H groups in total. The third-order valence-corrected chi connectivity index (χ3v) is 6.67. The summed E-state index contributed by atoms with van der Waals surface area (Å²) in [6.07, 6.45) is 9.61. The van der Waals surface area contributed by atoms with Gasteiger partial charge in [-0.25, -0.2) is 0 Å². The van der Waals surface area contributed by atoms with Crippen LogP contribution in [0.25, 0.3) is 0 Å². The average molecular weight is 702 g/mol. The van der Waals surface area contributed by atoms with E-state index >= 15 is 0 Å². The molecule has 252 valence electrons. The van der Waals surface area contributed by atoms with Crippen LogP contribution >= 0.6 is 0 Å². The zero-order valence-corrected chi connectivity index (χ0v) is 28.4. The van der Waals surface area contributed by atoms with E-state index in [1.807, 2.05) is 75.4 Å². The van der Waals surface area contributed by atoms with Crippen LogP contribution < -0.4 is 15.3 Å². The number of aliphatic imine (C=N–C) groups is 3. The Hall–Kier alpha value is -5.58. The van der Waals surface area contributed by atoms with Crippen LogP contribution in [0.15, 0.2) is 138 Å². The van der Waals surface area contributed by atoms with E-state index in [9.17, 15) is 15.3 Å². The normalized spacial score (nSPS) is 10.8. The molecule has 0 atom stereocenters. The molecule has 0 radical (unpaired) electrons. The van der Waals surface area contributed by atoms with E-state index in [2.05, 4.69) is 15.0 Å². The molecule has 0 bridgehead atoms. The van der Waals surface area contributed by atoms with E-state index in [-0.39, 0.29) is 34.0 Å². The first-order chi connectivity index (χ1) is 23.3. The summed E-state index contributed by atoms with van der Waals surface area (Å²) in [5, 5.41) is 34.3. The number of benzene rings is 3. The Morgan fingerprint density at radius 3 is 1.00 bits per heavy atom. The third kappa shape index (κ3) is 13.2. The average Bonchev–Trinajstić information content (AvgIpc) is 3.88. The first-order valence-electron chi connectivity index (χ1n) is 15.2. The van der Waals surface area contributed by atoms with Crippen LogP contribution in [0.3, 0.4) is 0 Å². The first kappa shape index (κ1) is 37.9. The van der Waals surface area contributed by atoms with Crippen molar-refractivity contribution in [3.8, 4) is 17.2 Å². The third-order valence-electron chi connectivity index (χ3n) is 6.67. The van der Waals surface area contributed by atoms with Gasteiger partial charge >= 0.3 is 16.8 Å². The van der Waals surface area contributed by atoms with Gasteiger partial charge in [0.05, 0.1) is 38.4 Å². The van der Waals surface area contributed by atoms with Crippen molar-refractivity contribution in [2.24, 2.45) is 15.0 Å². The van der Waals surface area contributed by atoms with Crippen LogP contribution in [0.2, 0.25) is 0 Å². The maximum atomic E-state index is 11.4. The Bertz CT molecular complexity index is 1690. The summed E-state index contributed by atoms with van der Waals surface area (Å²) in [4.78, 5) is 12.5. The maximum absolute atomic E-state index is 11.4. The molecule has 0 aliphatic carbocycles. The van der Waals surface area contributed by atoms with Gasteiger partial charge in [0.25, 0.3) is 0 Å². The topological polar surface area (TPSA) is 146 Å². The first-order valence-corrected chi connectivity index (χ1v) is 15.2. The molecule has 9 nitrogen and oxygen atoms in total. The molecule has 49 heavy (non-hydrogen) atoms. The second kappa shape index (κ2) is 19.9. The summed E-state index contributed by atoms with van der Waals surface area (Å²) in [5.41, 5.74) is 5.02. The molecular formula is C39H36CoN3O6. The van der Waals surface area contributed by atoms with Gasteiger partial charge in [-0.1, -0.05) is 71.3 Å². The van der Waals surface area contributed by atoms with Crippen LogP contribution in [0.4, 0.5) is 0 Å². The second-order valence-electron chi connectivity index (χ2n) is 10.8. The minimum Gasteiger partial charge on any atom is -0.872 e. The predicted octanol–water partition coefficient (Wildman–Crippen LogP) is 6.84. The van der Waals surface area contributed by atoms with E-state index in [0.29, 0.717) is 36.3 Å². The van der Waals surface area contributed by atoms with E-state index in [1.54, 1.807) is 73.8 Å². The molecule has 6 aromatic rings. The summed E-state index contributed by atoms with van der Waals surface area (Å²) >= 11 is 0. The number of hydrogen-bond donors (Lipinski definition) is 0. The fraction of sp³-hybridized carbons (Fsp3) is 0.154. The van der Waals surface area contributed by atoms with Gasteiger partial charge in [0.15, 0.2) is 0 Å². The van der Waals surface area contributed by atoms with E-state index < -0.39 is 0 Å². The van der Waals surface area contributed by atoms with Gasteiger partial charge in [-0.05, 0) is 73.9 Å². The van der Waals surface area contributed by atoms with E-state index in [1.165, 1.54) is 0 Å². The molecule has 0 fully saturated rings. The fourth-order valence-electron chi connectivity index (χ4n) is 4.22. The Balaban J connectivity index is 0.000000197. The summed E-state index contributed by atoms with van der Waals surface area (Å²) in [5.74, 6) is 2.35. The van der Waals surface area contributed by atoms with Gasteiger partial charge in [-0.2, -0.15) is 0 Å². The molecule has 0 saturated heterocycles. The Morgan fingerprint density at radius 1 is 0.469 bits per heavy atom. The van der Waals surface area contributed by atoms with Gasteiger partial charge in [0, 0.05) is 18.6 Å². The smallest absolute Gasteiger partial charge is 0.872 e. The van der Waals surface area contributed by atoms with Crippen molar-refractivity contribution in [1.29, 1.82) is 0 Å². The van der Waals surface area contributed by atoms with Crippen molar-refractivity contribution < 1.29 is 45.3 Å². The second-order valence-corrected chi connectivity index (χ2v) is 10.8. The molecule has 0 aliphatic rings. The van der Waals surface area contributed by atoms with Crippen molar-refractivity contribution in [3.05, 3.63) is 160 Å². The van der Waals surface area contributed by atoms with Gasteiger partial charge in [0.2, 0.25) is 0 Å². The molecule has 3 heterocycles. The van der Waals surface area contributed by atoms with Gasteiger partial charge < -0.3 is 28.6 Å². The van der Waals surface area contributed by atoms with Gasteiger partial charge in [-0.3, -0.25) is 15.0 Å².